The second-order valence-corrected chi connectivity index (χ2v) is 8.96. The summed E-state index contributed by atoms with van der Waals surface area (Å²) < 4.78 is 6.58. The van der Waals surface area contributed by atoms with Gasteiger partial charge in [-0.05, 0) is 58.2 Å². The molecule has 2 fully saturated rings. The van der Waals surface area contributed by atoms with Gasteiger partial charge >= 0.3 is 0 Å². The van der Waals surface area contributed by atoms with E-state index in [0.29, 0.717) is 19.3 Å². The Morgan fingerprint density at radius 2 is 2.00 bits per heavy atom. The van der Waals surface area contributed by atoms with Crippen molar-refractivity contribution in [3.8, 4) is 0 Å². The normalized spacial score (nSPS) is 36.6. The fourth-order valence-electron chi connectivity index (χ4n) is 5.12. The van der Waals surface area contributed by atoms with E-state index < -0.39 is 23.4 Å². The molecule has 3 rings (SSSR count). The van der Waals surface area contributed by atoms with E-state index in [0.717, 1.165) is 6.42 Å². The summed E-state index contributed by atoms with van der Waals surface area (Å²) in [4.78, 5) is 13.4. The van der Waals surface area contributed by atoms with Crippen LogP contribution in [0.2, 0.25) is 0 Å². The lowest BCUT2D eigenvalue weighted by molar-refractivity contribution is -0.250. The Hall–Kier alpha value is -1.47. The first kappa shape index (κ1) is 21.2. The number of aliphatic hydroxyl groups excluding tert-OH is 2. The zero-order valence-electron chi connectivity index (χ0n) is 17.4. The fourth-order valence-corrected chi connectivity index (χ4v) is 5.12. The molecule has 6 atom stereocenters. The van der Waals surface area contributed by atoms with Crippen molar-refractivity contribution >= 4 is 5.91 Å². The lowest BCUT2D eigenvalue weighted by atomic mass is 9.72. The lowest BCUT2D eigenvalue weighted by Gasteiger charge is -2.52. The molecule has 2 aliphatic heterocycles. The number of nitrogens with one attached hydrogen (secondary N) is 1. The molecule has 1 aromatic rings. The molecule has 6 nitrogen and oxygen atoms in total. The Morgan fingerprint density at radius 1 is 1.32 bits per heavy atom. The van der Waals surface area contributed by atoms with Crippen LogP contribution in [0.1, 0.15) is 51.0 Å². The van der Waals surface area contributed by atoms with Crippen molar-refractivity contribution < 1.29 is 19.7 Å². The zero-order chi connectivity index (χ0) is 20.5. The Morgan fingerprint density at radius 3 is 2.61 bits per heavy atom. The predicted molar refractivity (Wildman–Crippen MR) is 108 cm³/mol. The first-order valence-electron chi connectivity index (χ1n) is 10.2. The van der Waals surface area contributed by atoms with Crippen LogP contribution in [0.4, 0.5) is 0 Å². The van der Waals surface area contributed by atoms with Crippen LogP contribution < -0.4 is 5.32 Å². The topological polar surface area (TPSA) is 82.0 Å². The highest BCUT2D eigenvalue weighted by Crippen LogP contribution is 2.51. The first-order valence-corrected chi connectivity index (χ1v) is 10.2. The van der Waals surface area contributed by atoms with Gasteiger partial charge in [-0.1, -0.05) is 30.3 Å². The molecule has 0 aliphatic carbocycles. The highest BCUT2D eigenvalue weighted by atomic mass is 16.6. The lowest BCUT2D eigenvalue weighted by Crippen LogP contribution is -2.61. The van der Waals surface area contributed by atoms with E-state index in [2.05, 4.69) is 17.4 Å². The van der Waals surface area contributed by atoms with Crippen LogP contribution in [0.25, 0.3) is 0 Å². The molecular weight excluding hydrogens is 356 g/mol. The van der Waals surface area contributed by atoms with Gasteiger partial charge in [-0.15, -0.1) is 0 Å². The van der Waals surface area contributed by atoms with Gasteiger partial charge in [-0.2, -0.15) is 0 Å². The largest absolute Gasteiger partial charge is 0.388 e. The number of aliphatic hydroxyl groups is 2. The van der Waals surface area contributed by atoms with Crippen LogP contribution in [-0.4, -0.2) is 71.1 Å². The Bertz CT molecular complexity index is 682. The number of hydrogen-bond acceptors (Lipinski definition) is 5. The van der Waals surface area contributed by atoms with Gasteiger partial charge < -0.3 is 25.2 Å². The summed E-state index contributed by atoms with van der Waals surface area (Å²) in [5.41, 5.74) is -0.382. The molecule has 3 N–H and O–H groups in total. The number of ether oxygens (including phenoxy) is 1. The molecule has 2 aliphatic rings. The maximum absolute atomic E-state index is 11.4. The number of hydrogen-bond donors (Lipinski definition) is 3. The standard InChI is InChI=1S/C22H34N2O4/c1-15(25)23-14-19(26)22-11-10-18(24(3)4)20(27)21(2,28-22)12-17(13-22)16-8-6-5-7-9-16/h5-9,17-20,26-27H,10-14H2,1-4H3,(H,23,25)/t17-,18-,19+,20+,21+,22+/m1/s1. The van der Waals surface area contributed by atoms with Crippen LogP contribution in [0.3, 0.4) is 0 Å². The van der Waals surface area contributed by atoms with Crippen LogP contribution in [0.5, 0.6) is 0 Å². The molecule has 1 aromatic carbocycles. The average molecular weight is 391 g/mol. The van der Waals surface area contributed by atoms with Gasteiger partial charge in [-0.3, -0.25) is 4.79 Å². The van der Waals surface area contributed by atoms with Gasteiger partial charge in [0.2, 0.25) is 5.91 Å². The van der Waals surface area contributed by atoms with E-state index in [1.165, 1.54) is 12.5 Å². The van der Waals surface area contributed by atoms with Crippen molar-refractivity contribution in [1.29, 1.82) is 0 Å². The molecule has 2 saturated heterocycles. The molecule has 28 heavy (non-hydrogen) atoms. The van der Waals surface area contributed by atoms with E-state index in [1.807, 2.05) is 44.1 Å². The minimum absolute atomic E-state index is 0.0469. The number of nitrogens with zero attached hydrogens (tertiary/aromatic N) is 1. The molecule has 0 saturated carbocycles. The summed E-state index contributed by atoms with van der Waals surface area (Å²) in [6.07, 6.45) is 1.21. The Labute approximate surface area is 167 Å². The average Bonchev–Trinajstić information content (AvgIpc) is 2.73. The summed E-state index contributed by atoms with van der Waals surface area (Å²) in [6.45, 7) is 3.56. The molecule has 0 spiro atoms. The predicted octanol–water partition coefficient (Wildman–Crippen LogP) is 1.66. The van der Waals surface area contributed by atoms with E-state index in [4.69, 9.17) is 4.74 Å². The molecule has 0 radical (unpaired) electrons. The van der Waals surface area contributed by atoms with Crippen LogP contribution >= 0.6 is 0 Å². The number of likely N-dealkylation sites (N-methyl/N-ethyl adjacent to an activating group) is 1. The smallest absolute Gasteiger partial charge is 0.216 e. The highest BCUT2D eigenvalue weighted by Gasteiger charge is 2.57. The van der Waals surface area contributed by atoms with Crippen LogP contribution in [-0.2, 0) is 9.53 Å². The molecular formula is C22H34N2O4. The van der Waals surface area contributed by atoms with Crippen molar-refractivity contribution in [2.75, 3.05) is 20.6 Å². The van der Waals surface area contributed by atoms with Crippen molar-refractivity contribution in [3.63, 3.8) is 0 Å². The quantitative estimate of drug-likeness (QED) is 0.712. The summed E-state index contributed by atoms with van der Waals surface area (Å²) >= 11 is 0. The fraction of sp³-hybridized carbons (Fsp3) is 0.682. The molecule has 2 bridgehead atoms. The maximum Gasteiger partial charge on any atom is 0.216 e. The molecule has 0 aromatic heterocycles. The molecule has 6 heteroatoms. The van der Waals surface area contributed by atoms with Crippen LogP contribution in [0.15, 0.2) is 30.3 Å². The van der Waals surface area contributed by atoms with E-state index in [1.54, 1.807) is 0 Å². The van der Waals surface area contributed by atoms with Gasteiger partial charge in [0.1, 0.15) is 6.10 Å². The van der Waals surface area contributed by atoms with Crippen molar-refractivity contribution in [3.05, 3.63) is 35.9 Å². The number of fused-ring (bicyclic) bond motifs is 2. The number of carbonyl (C=O) groups is 1. The van der Waals surface area contributed by atoms with E-state index >= 15 is 0 Å². The van der Waals surface area contributed by atoms with Crippen molar-refractivity contribution in [2.24, 2.45) is 0 Å². The third kappa shape index (κ3) is 4.10. The first-order chi connectivity index (χ1) is 13.2. The van der Waals surface area contributed by atoms with Crippen LogP contribution in [0, 0.1) is 0 Å². The number of amides is 1. The SMILES string of the molecule is CC(=O)NC[C@H](O)[C@]12CC[C@@H](N(C)C)[C@H](O)[C@](C)(C[C@@H](c3ccccc3)C1)O2. The molecule has 1 amide bonds. The molecule has 2 heterocycles. The van der Waals surface area contributed by atoms with Gasteiger partial charge in [-0.25, -0.2) is 0 Å². The van der Waals surface area contributed by atoms with Crippen molar-refractivity contribution in [1.82, 2.24) is 10.2 Å². The Balaban J connectivity index is 1.99. The minimum Gasteiger partial charge on any atom is -0.388 e. The number of carbonyl (C=O) groups excluding carboxylic acids is 1. The second kappa shape index (κ2) is 8.11. The van der Waals surface area contributed by atoms with E-state index in [-0.39, 0.29) is 24.4 Å². The highest BCUT2D eigenvalue weighted by molar-refractivity contribution is 5.72. The van der Waals surface area contributed by atoms with Gasteiger partial charge in [0, 0.05) is 19.5 Å². The second-order valence-electron chi connectivity index (χ2n) is 8.96. The summed E-state index contributed by atoms with van der Waals surface area (Å²) in [5.74, 6) is -0.00375. The van der Waals surface area contributed by atoms with Crippen molar-refractivity contribution in [2.45, 2.75) is 74.9 Å². The molecule has 0 unspecified atom stereocenters. The number of rotatable bonds is 5. The third-order valence-electron chi connectivity index (χ3n) is 6.62. The minimum atomic E-state index is -0.838. The van der Waals surface area contributed by atoms with E-state index in [9.17, 15) is 15.0 Å². The molecule has 156 valence electrons. The zero-order valence-corrected chi connectivity index (χ0v) is 17.4. The third-order valence-corrected chi connectivity index (χ3v) is 6.62. The van der Waals surface area contributed by atoms with Gasteiger partial charge in [0.15, 0.2) is 0 Å². The van der Waals surface area contributed by atoms with Gasteiger partial charge in [0.05, 0.1) is 17.3 Å². The Kier molecular flexibility index (Phi) is 6.15. The summed E-state index contributed by atoms with van der Waals surface area (Å²) in [6, 6.07) is 10.2. The number of benzene rings is 1. The maximum atomic E-state index is 11.4. The monoisotopic (exact) mass is 390 g/mol. The summed E-state index contributed by atoms with van der Waals surface area (Å²) in [5, 5.41) is 25.1. The van der Waals surface area contributed by atoms with Gasteiger partial charge in [0.25, 0.3) is 0 Å². The summed E-state index contributed by atoms with van der Waals surface area (Å²) in [7, 11) is 3.95.